The zero-order valence-corrected chi connectivity index (χ0v) is 9.52. The number of alkyl halides is 2. The predicted molar refractivity (Wildman–Crippen MR) is 52.4 cm³/mol. The van der Waals surface area contributed by atoms with Gasteiger partial charge in [-0.05, 0) is 13.8 Å². The lowest BCUT2D eigenvalue weighted by molar-refractivity contribution is -0.128. The van der Waals surface area contributed by atoms with Crippen molar-refractivity contribution in [3.8, 4) is 0 Å². The molecular formula is C10H15F2NO2. The highest BCUT2D eigenvalue weighted by molar-refractivity contribution is 5.94. The van der Waals surface area contributed by atoms with Crippen molar-refractivity contribution in [2.75, 3.05) is 7.05 Å². The Morgan fingerprint density at radius 1 is 1.13 bits per heavy atom. The lowest BCUT2D eigenvalue weighted by Crippen LogP contribution is -2.34. The molecule has 5 heteroatoms. The van der Waals surface area contributed by atoms with Crippen molar-refractivity contribution in [3.05, 3.63) is 11.3 Å². The minimum absolute atomic E-state index is 0.0970. The molecule has 0 aromatic heterocycles. The Balaban J connectivity index is 5.55. The summed E-state index contributed by atoms with van der Waals surface area (Å²) < 4.78 is 26.4. The lowest BCUT2D eigenvalue weighted by Gasteiger charge is -2.25. The molecule has 0 aromatic rings. The Labute approximate surface area is 87.7 Å². The molecule has 0 fully saturated rings. The molecule has 0 N–H and O–H groups in total. The van der Waals surface area contributed by atoms with Gasteiger partial charge in [-0.1, -0.05) is 0 Å². The Morgan fingerprint density at radius 3 is 1.73 bits per heavy atom. The van der Waals surface area contributed by atoms with Gasteiger partial charge >= 0.3 is 0 Å². The molecule has 15 heavy (non-hydrogen) atoms. The molecule has 0 heterocycles. The summed E-state index contributed by atoms with van der Waals surface area (Å²) >= 11 is 0. The summed E-state index contributed by atoms with van der Waals surface area (Å²) in [6.45, 7) is 4.30. The number of allylic oxidation sites excluding steroid dienone is 2. The second kappa shape index (κ2) is 4.51. The zero-order valence-electron chi connectivity index (χ0n) is 9.52. The van der Waals surface area contributed by atoms with E-state index in [-0.39, 0.29) is 5.57 Å². The fourth-order valence-corrected chi connectivity index (χ4v) is 1.20. The maximum Gasteiger partial charge on any atom is 0.285 e. The molecule has 0 spiro atoms. The third kappa shape index (κ3) is 3.42. The van der Waals surface area contributed by atoms with Crippen LogP contribution >= 0.6 is 0 Å². The van der Waals surface area contributed by atoms with Crippen LogP contribution in [0.4, 0.5) is 8.78 Å². The molecular weight excluding hydrogens is 204 g/mol. The second-order valence-corrected chi connectivity index (χ2v) is 3.50. The molecule has 3 nitrogen and oxygen atoms in total. The van der Waals surface area contributed by atoms with E-state index in [0.717, 1.165) is 4.90 Å². The van der Waals surface area contributed by atoms with E-state index >= 15 is 0 Å². The molecule has 0 saturated carbocycles. The Kier molecular flexibility index (Phi) is 4.13. The third-order valence-corrected chi connectivity index (χ3v) is 2.11. The van der Waals surface area contributed by atoms with Gasteiger partial charge in [-0.2, -0.15) is 0 Å². The number of carbonyl (C=O) groups excluding carboxylic acids is 2. The van der Waals surface area contributed by atoms with Crippen molar-refractivity contribution in [1.29, 1.82) is 0 Å². The minimum Gasteiger partial charge on any atom is -0.314 e. The van der Waals surface area contributed by atoms with E-state index in [2.05, 4.69) is 0 Å². The molecule has 0 rings (SSSR count). The molecule has 0 bridgehead atoms. The first-order valence-electron chi connectivity index (χ1n) is 4.43. The van der Waals surface area contributed by atoms with Crippen LogP contribution in [0, 0.1) is 0 Å². The van der Waals surface area contributed by atoms with Gasteiger partial charge in [-0.3, -0.25) is 9.59 Å². The van der Waals surface area contributed by atoms with E-state index in [4.69, 9.17) is 0 Å². The molecule has 0 aliphatic rings. The lowest BCUT2D eigenvalue weighted by atomic mass is 10.1. The number of hydrogen-bond donors (Lipinski definition) is 0. The van der Waals surface area contributed by atoms with Gasteiger partial charge in [0.1, 0.15) is 0 Å². The van der Waals surface area contributed by atoms with Crippen LogP contribution in [0.5, 0.6) is 0 Å². The standard InChI is InChI=1S/C10H15F2NO2/c1-6(7(2)14)9(10(4,11)12)13(5)8(3)15/h1-5H3/b9-6-. The quantitative estimate of drug-likeness (QED) is 0.680. The highest BCUT2D eigenvalue weighted by Crippen LogP contribution is 2.28. The van der Waals surface area contributed by atoms with Gasteiger partial charge in [-0.15, -0.1) is 0 Å². The number of rotatable bonds is 3. The Morgan fingerprint density at radius 2 is 1.53 bits per heavy atom. The third-order valence-electron chi connectivity index (χ3n) is 2.11. The number of nitrogens with zero attached hydrogens (tertiary/aromatic N) is 1. The molecule has 0 saturated heterocycles. The summed E-state index contributed by atoms with van der Waals surface area (Å²) in [6.07, 6.45) is 0. The first kappa shape index (κ1) is 13.7. The van der Waals surface area contributed by atoms with Gasteiger partial charge in [0, 0.05) is 26.5 Å². The predicted octanol–water partition coefficient (Wildman–Crippen LogP) is 1.98. The molecule has 0 unspecified atom stereocenters. The van der Waals surface area contributed by atoms with Crippen molar-refractivity contribution in [1.82, 2.24) is 4.90 Å². The minimum atomic E-state index is -3.21. The fraction of sp³-hybridized carbons (Fsp3) is 0.600. The summed E-state index contributed by atoms with van der Waals surface area (Å²) in [5, 5.41) is 0. The fourth-order valence-electron chi connectivity index (χ4n) is 1.20. The van der Waals surface area contributed by atoms with Crippen LogP contribution in [0.15, 0.2) is 11.3 Å². The number of Topliss-reactive ketones (excluding diaryl/α,β-unsaturated/α-hetero) is 1. The summed E-state index contributed by atoms with van der Waals surface area (Å²) in [6, 6.07) is 0. The van der Waals surface area contributed by atoms with Crippen LogP contribution in [-0.4, -0.2) is 29.6 Å². The topological polar surface area (TPSA) is 37.4 Å². The van der Waals surface area contributed by atoms with Gasteiger partial charge in [0.05, 0.1) is 5.70 Å². The number of halogens is 2. The van der Waals surface area contributed by atoms with Crippen LogP contribution in [0.2, 0.25) is 0 Å². The number of hydrogen-bond acceptors (Lipinski definition) is 2. The van der Waals surface area contributed by atoms with Gasteiger partial charge in [0.2, 0.25) is 5.91 Å². The van der Waals surface area contributed by atoms with Gasteiger partial charge in [-0.25, -0.2) is 8.78 Å². The summed E-state index contributed by atoms with van der Waals surface area (Å²) in [5.41, 5.74) is -0.636. The summed E-state index contributed by atoms with van der Waals surface area (Å²) in [4.78, 5) is 22.8. The molecule has 0 radical (unpaired) electrons. The van der Waals surface area contributed by atoms with Crippen LogP contribution < -0.4 is 0 Å². The highest BCUT2D eigenvalue weighted by Gasteiger charge is 2.34. The maximum absolute atomic E-state index is 13.2. The number of amides is 1. The smallest absolute Gasteiger partial charge is 0.285 e. The molecule has 0 aliphatic heterocycles. The molecule has 86 valence electrons. The van der Waals surface area contributed by atoms with Gasteiger partial charge in [0.25, 0.3) is 5.92 Å². The van der Waals surface area contributed by atoms with Crippen molar-refractivity contribution in [3.63, 3.8) is 0 Å². The normalized spacial score (nSPS) is 13.3. The maximum atomic E-state index is 13.2. The Bertz CT molecular complexity index is 316. The second-order valence-electron chi connectivity index (χ2n) is 3.50. The van der Waals surface area contributed by atoms with Crippen LogP contribution in [0.1, 0.15) is 27.7 Å². The van der Waals surface area contributed by atoms with Crippen molar-refractivity contribution in [2.45, 2.75) is 33.6 Å². The molecule has 0 aromatic carbocycles. The van der Waals surface area contributed by atoms with Gasteiger partial charge < -0.3 is 4.90 Å². The number of ketones is 1. The van der Waals surface area contributed by atoms with E-state index in [0.29, 0.717) is 6.92 Å². The van der Waals surface area contributed by atoms with E-state index in [1.54, 1.807) is 0 Å². The SMILES string of the molecule is CC(=O)/C(C)=C(\N(C)C(C)=O)C(C)(F)F. The summed E-state index contributed by atoms with van der Waals surface area (Å²) in [7, 11) is 1.22. The zero-order chi connectivity index (χ0) is 12.4. The average molecular weight is 219 g/mol. The molecule has 1 amide bonds. The van der Waals surface area contributed by atoms with Crippen LogP contribution in [0.25, 0.3) is 0 Å². The Hall–Kier alpha value is -1.26. The average Bonchev–Trinajstić information content (AvgIpc) is 2.01. The van der Waals surface area contributed by atoms with E-state index < -0.39 is 23.3 Å². The van der Waals surface area contributed by atoms with Crippen LogP contribution in [0.3, 0.4) is 0 Å². The summed E-state index contributed by atoms with van der Waals surface area (Å²) in [5.74, 6) is -4.22. The van der Waals surface area contributed by atoms with Crippen molar-refractivity contribution in [2.24, 2.45) is 0 Å². The first-order valence-corrected chi connectivity index (χ1v) is 4.43. The van der Waals surface area contributed by atoms with Crippen molar-refractivity contribution < 1.29 is 18.4 Å². The van der Waals surface area contributed by atoms with Gasteiger partial charge in [0.15, 0.2) is 5.78 Å². The van der Waals surface area contributed by atoms with Crippen molar-refractivity contribution >= 4 is 11.7 Å². The molecule has 0 aliphatic carbocycles. The number of carbonyl (C=O) groups is 2. The largest absolute Gasteiger partial charge is 0.314 e. The van der Waals surface area contributed by atoms with Crippen LogP contribution in [-0.2, 0) is 9.59 Å². The van der Waals surface area contributed by atoms with E-state index in [9.17, 15) is 18.4 Å². The highest BCUT2D eigenvalue weighted by atomic mass is 19.3. The first-order chi connectivity index (χ1) is 6.59. The van der Waals surface area contributed by atoms with E-state index in [1.165, 1.54) is 27.8 Å². The molecule has 0 atom stereocenters. The van der Waals surface area contributed by atoms with E-state index in [1.807, 2.05) is 0 Å². The monoisotopic (exact) mass is 219 g/mol.